The van der Waals surface area contributed by atoms with Crippen molar-refractivity contribution in [3.05, 3.63) is 72.6 Å². The summed E-state index contributed by atoms with van der Waals surface area (Å²) in [5.74, 6) is 0.698. The van der Waals surface area contributed by atoms with Gasteiger partial charge < -0.3 is 21.3 Å². The summed E-state index contributed by atoms with van der Waals surface area (Å²) in [5, 5.41) is 7.64. The molecule has 2 aromatic carbocycles. The van der Waals surface area contributed by atoms with Crippen molar-refractivity contribution in [2.45, 2.75) is 25.7 Å². The summed E-state index contributed by atoms with van der Waals surface area (Å²) in [6.45, 7) is 6.14. The Kier molecular flexibility index (Phi) is 7.04. The lowest BCUT2D eigenvalue weighted by atomic mass is 10.0. The molecular formula is C28H31N7O. The third-order valence-electron chi connectivity index (χ3n) is 6.71. The molecule has 184 valence electrons. The van der Waals surface area contributed by atoms with E-state index in [0.29, 0.717) is 5.95 Å². The molecule has 1 fully saturated rings. The summed E-state index contributed by atoms with van der Waals surface area (Å²) in [7, 11) is 0. The molecule has 4 aromatic rings. The van der Waals surface area contributed by atoms with Crippen LogP contribution in [0, 0.1) is 0 Å². The third kappa shape index (κ3) is 5.44. The number of rotatable bonds is 9. The number of para-hydroxylation sites is 1. The fourth-order valence-corrected chi connectivity index (χ4v) is 4.50. The van der Waals surface area contributed by atoms with E-state index in [1.807, 2.05) is 54.9 Å². The number of likely N-dealkylation sites (tertiary alicyclic amines) is 1. The number of primary amides is 1. The number of pyridine rings is 1. The molecule has 36 heavy (non-hydrogen) atoms. The zero-order valence-corrected chi connectivity index (χ0v) is 20.4. The van der Waals surface area contributed by atoms with Gasteiger partial charge in [-0.05, 0) is 62.7 Å². The van der Waals surface area contributed by atoms with Crippen molar-refractivity contribution >= 4 is 34.3 Å². The summed E-state index contributed by atoms with van der Waals surface area (Å²) in [6.07, 6.45) is 6.32. The van der Waals surface area contributed by atoms with Crippen LogP contribution in [-0.2, 0) is 4.79 Å². The van der Waals surface area contributed by atoms with Crippen molar-refractivity contribution in [1.82, 2.24) is 19.9 Å². The molecule has 0 aliphatic carbocycles. The number of carbonyl (C=O) groups is 1. The van der Waals surface area contributed by atoms with Gasteiger partial charge in [-0.2, -0.15) is 0 Å². The summed E-state index contributed by atoms with van der Waals surface area (Å²) < 4.78 is 0. The monoisotopic (exact) mass is 481 g/mol. The first-order chi connectivity index (χ1) is 17.6. The lowest BCUT2D eigenvalue weighted by Crippen LogP contribution is -2.26. The number of amides is 1. The van der Waals surface area contributed by atoms with Gasteiger partial charge in [-0.3, -0.25) is 4.79 Å². The first-order valence-electron chi connectivity index (χ1n) is 12.4. The fourth-order valence-electron chi connectivity index (χ4n) is 4.50. The number of hydrogen-bond donors (Lipinski definition) is 3. The minimum Gasteiger partial charge on any atom is -0.369 e. The van der Waals surface area contributed by atoms with Crippen molar-refractivity contribution in [2.75, 3.05) is 36.8 Å². The number of benzene rings is 2. The molecule has 1 atom stereocenters. The molecule has 8 nitrogen and oxygen atoms in total. The van der Waals surface area contributed by atoms with Gasteiger partial charge in [0.2, 0.25) is 11.9 Å². The number of nitrogens with two attached hydrogens (primary N) is 1. The Morgan fingerprint density at radius 2 is 1.83 bits per heavy atom. The Bertz CT molecular complexity index is 1330. The minimum atomic E-state index is -0.346. The van der Waals surface area contributed by atoms with Gasteiger partial charge in [0.05, 0.1) is 11.4 Å². The van der Waals surface area contributed by atoms with Crippen LogP contribution in [0.25, 0.3) is 22.0 Å². The minimum absolute atomic E-state index is 0.334. The van der Waals surface area contributed by atoms with Gasteiger partial charge in [0.15, 0.2) is 0 Å². The maximum atomic E-state index is 11.4. The van der Waals surface area contributed by atoms with Crippen LogP contribution in [0.5, 0.6) is 0 Å². The summed E-state index contributed by atoms with van der Waals surface area (Å²) in [5.41, 5.74) is 9.97. The second kappa shape index (κ2) is 10.7. The average molecular weight is 482 g/mol. The van der Waals surface area contributed by atoms with Gasteiger partial charge in [-0.15, -0.1) is 0 Å². The molecule has 0 bridgehead atoms. The van der Waals surface area contributed by atoms with Crippen molar-refractivity contribution in [3.8, 4) is 11.1 Å². The summed E-state index contributed by atoms with van der Waals surface area (Å²) in [6, 6.07) is 17.7. The van der Waals surface area contributed by atoms with Crippen LogP contribution in [0.15, 0.2) is 67.0 Å². The lowest BCUT2D eigenvalue weighted by Gasteiger charge is -2.15. The van der Waals surface area contributed by atoms with Crippen molar-refractivity contribution in [3.63, 3.8) is 0 Å². The molecule has 0 spiro atoms. The van der Waals surface area contributed by atoms with Gasteiger partial charge in [-0.25, -0.2) is 15.0 Å². The number of fused-ring (bicyclic) bond motifs is 1. The zero-order valence-electron chi connectivity index (χ0n) is 20.4. The van der Waals surface area contributed by atoms with Crippen LogP contribution >= 0.6 is 0 Å². The molecule has 3 heterocycles. The Hall–Kier alpha value is -4.04. The number of nitrogens with zero attached hydrogens (tertiary/aromatic N) is 4. The van der Waals surface area contributed by atoms with E-state index < -0.39 is 0 Å². The fraction of sp³-hybridized carbons (Fsp3) is 0.286. The molecule has 2 aromatic heterocycles. The molecular weight excluding hydrogens is 450 g/mol. The highest BCUT2D eigenvalue weighted by atomic mass is 16.1. The first-order valence-corrected chi connectivity index (χ1v) is 12.4. The van der Waals surface area contributed by atoms with E-state index >= 15 is 0 Å². The van der Waals surface area contributed by atoms with E-state index in [1.54, 1.807) is 6.92 Å². The molecule has 1 aliphatic rings. The van der Waals surface area contributed by atoms with Crippen molar-refractivity contribution in [2.24, 2.45) is 5.73 Å². The lowest BCUT2D eigenvalue weighted by molar-refractivity contribution is -0.119. The van der Waals surface area contributed by atoms with Gasteiger partial charge in [0.25, 0.3) is 0 Å². The predicted molar refractivity (Wildman–Crippen MR) is 144 cm³/mol. The average Bonchev–Trinajstić information content (AvgIpc) is 3.42. The van der Waals surface area contributed by atoms with Gasteiger partial charge in [-0.1, -0.05) is 30.3 Å². The van der Waals surface area contributed by atoms with E-state index in [0.717, 1.165) is 52.2 Å². The smallest absolute Gasteiger partial charge is 0.227 e. The van der Waals surface area contributed by atoms with Crippen LogP contribution in [0.2, 0.25) is 0 Å². The van der Waals surface area contributed by atoms with Crippen molar-refractivity contribution in [1.29, 1.82) is 0 Å². The van der Waals surface area contributed by atoms with Crippen LogP contribution in [0.1, 0.15) is 31.2 Å². The molecule has 1 unspecified atom stereocenters. The third-order valence-corrected chi connectivity index (χ3v) is 6.71. The number of nitrogens with one attached hydrogen (secondary N) is 2. The van der Waals surface area contributed by atoms with Gasteiger partial charge in [0, 0.05) is 47.7 Å². The maximum Gasteiger partial charge on any atom is 0.227 e. The van der Waals surface area contributed by atoms with E-state index in [1.165, 1.54) is 25.9 Å². The first kappa shape index (κ1) is 23.7. The van der Waals surface area contributed by atoms with E-state index in [-0.39, 0.29) is 11.8 Å². The van der Waals surface area contributed by atoms with Gasteiger partial charge in [0.1, 0.15) is 5.82 Å². The number of aromatic nitrogens is 3. The van der Waals surface area contributed by atoms with E-state index in [2.05, 4.69) is 37.6 Å². The van der Waals surface area contributed by atoms with Gasteiger partial charge >= 0.3 is 0 Å². The van der Waals surface area contributed by atoms with Crippen LogP contribution in [0.3, 0.4) is 0 Å². The maximum absolute atomic E-state index is 11.4. The normalized spacial score (nSPS) is 14.6. The quantitative estimate of drug-likeness (QED) is 0.322. The van der Waals surface area contributed by atoms with Crippen LogP contribution in [0.4, 0.5) is 17.5 Å². The highest BCUT2D eigenvalue weighted by Crippen LogP contribution is 2.28. The highest BCUT2D eigenvalue weighted by molar-refractivity contribution is 5.93. The second-order valence-electron chi connectivity index (χ2n) is 9.22. The molecule has 8 heteroatoms. The Morgan fingerprint density at radius 3 is 2.56 bits per heavy atom. The Morgan fingerprint density at radius 1 is 1.03 bits per heavy atom. The molecule has 1 aliphatic heterocycles. The molecule has 1 saturated heterocycles. The number of hydrogen-bond acceptors (Lipinski definition) is 7. The molecule has 1 amide bonds. The topological polar surface area (TPSA) is 109 Å². The summed E-state index contributed by atoms with van der Waals surface area (Å²) in [4.78, 5) is 27.8. The van der Waals surface area contributed by atoms with Crippen LogP contribution < -0.4 is 16.4 Å². The second-order valence-corrected chi connectivity index (χ2v) is 9.22. The molecule has 0 saturated carbocycles. The number of carbonyl (C=O) groups excluding carboxylic acids is 1. The Labute approximate surface area is 211 Å². The van der Waals surface area contributed by atoms with Crippen molar-refractivity contribution < 1.29 is 4.79 Å². The van der Waals surface area contributed by atoms with Crippen LogP contribution in [-0.4, -0.2) is 51.9 Å². The summed E-state index contributed by atoms with van der Waals surface area (Å²) >= 11 is 0. The predicted octanol–water partition coefficient (Wildman–Crippen LogP) is 4.53. The molecule has 4 N–H and O–H groups in total. The largest absolute Gasteiger partial charge is 0.369 e. The SMILES string of the molecule is CC(C(N)=O)c1ccc(Nc2ncc3cccc(-c4ccc(NCCN5CCCC5)nc4)c3n2)cc1. The highest BCUT2D eigenvalue weighted by Gasteiger charge is 2.13. The standard InChI is InChI=1S/C28H31N7O/c1-19(27(29)36)20-7-10-23(11-8-20)33-28-32-18-22-5-4-6-24(26(22)34-28)21-9-12-25(31-17-21)30-13-16-35-14-2-3-15-35/h4-12,17-19H,2-3,13-16H2,1H3,(H2,29,36)(H,30,31)(H,32,33,34). The van der Waals surface area contributed by atoms with E-state index in [9.17, 15) is 4.79 Å². The molecule has 0 radical (unpaired) electrons. The molecule has 5 rings (SSSR count). The number of anilines is 3. The zero-order chi connectivity index (χ0) is 24.9. The Balaban J connectivity index is 1.31. The van der Waals surface area contributed by atoms with E-state index in [4.69, 9.17) is 10.7 Å².